The normalized spacial score (nSPS) is 22.4. The molecule has 8 heteroatoms. The van der Waals surface area contributed by atoms with E-state index in [-0.39, 0.29) is 6.61 Å². The van der Waals surface area contributed by atoms with Crippen molar-refractivity contribution in [2.24, 2.45) is 5.11 Å². The molecule has 1 aliphatic heterocycles. The molecule has 0 radical (unpaired) electrons. The predicted molar refractivity (Wildman–Crippen MR) is 105 cm³/mol. The van der Waals surface area contributed by atoms with Crippen molar-refractivity contribution >= 4 is 35.8 Å². The molecule has 0 N–H and O–H groups in total. The number of azide groups is 1. The highest BCUT2D eigenvalue weighted by Gasteiger charge is 2.45. The van der Waals surface area contributed by atoms with Crippen molar-refractivity contribution in [2.75, 3.05) is 6.61 Å². The lowest BCUT2D eigenvalue weighted by Gasteiger charge is -2.40. The van der Waals surface area contributed by atoms with Crippen LogP contribution >= 0.6 is 27.5 Å². The van der Waals surface area contributed by atoms with Gasteiger partial charge >= 0.3 is 0 Å². The Balaban J connectivity index is 2.24. The second-order valence-electron chi connectivity index (χ2n) is 7.12. The fraction of sp³-hybridized carbons (Fsp3) is 0.412. The van der Waals surface area contributed by atoms with Gasteiger partial charge in [0.15, 0.2) is 8.32 Å². The molecule has 1 aromatic carbocycles. The molecule has 1 atom stereocenters. The van der Waals surface area contributed by atoms with Gasteiger partial charge < -0.3 is 9.16 Å². The quantitative estimate of drug-likeness (QED) is 0.236. The number of allylic oxidation sites excluding steroid dienone is 2. The lowest BCUT2D eigenvalue weighted by molar-refractivity contribution is 0.218. The van der Waals surface area contributed by atoms with Gasteiger partial charge in [0.25, 0.3) is 0 Å². The van der Waals surface area contributed by atoms with Crippen molar-refractivity contribution in [3.63, 3.8) is 0 Å². The van der Waals surface area contributed by atoms with Crippen molar-refractivity contribution in [2.45, 2.75) is 38.0 Å². The summed E-state index contributed by atoms with van der Waals surface area (Å²) < 4.78 is 13.2. The van der Waals surface area contributed by atoms with Gasteiger partial charge in [-0.15, -0.1) is 0 Å². The molecule has 0 saturated heterocycles. The number of halogens is 2. The van der Waals surface area contributed by atoms with E-state index in [9.17, 15) is 5.53 Å². The van der Waals surface area contributed by atoms with Crippen molar-refractivity contribution in [1.82, 2.24) is 0 Å². The zero-order valence-electron chi connectivity index (χ0n) is 14.3. The molecule has 2 aliphatic rings. The molecule has 3 rings (SSSR count). The Morgan fingerprint density at radius 2 is 2.16 bits per heavy atom. The van der Waals surface area contributed by atoms with Crippen LogP contribution in [-0.2, 0) is 9.96 Å². The van der Waals surface area contributed by atoms with Crippen molar-refractivity contribution in [1.29, 1.82) is 0 Å². The Hall–Kier alpha value is -1.24. The molecule has 132 valence electrons. The number of rotatable bonds is 4. The Morgan fingerprint density at radius 1 is 1.40 bits per heavy atom. The Kier molecular flexibility index (Phi) is 5.06. The molecule has 0 spiro atoms. The zero-order valence-corrected chi connectivity index (χ0v) is 17.7. The number of hydrogen-bond acceptors (Lipinski definition) is 3. The first kappa shape index (κ1) is 18.5. The van der Waals surface area contributed by atoms with Gasteiger partial charge in [0.2, 0.25) is 0 Å². The molecule has 1 aliphatic carbocycles. The first-order valence-electron chi connectivity index (χ1n) is 8.03. The largest absolute Gasteiger partial charge is 0.461 e. The third kappa shape index (κ3) is 3.66. The van der Waals surface area contributed by atoms with Gasteiger partial charge in [-0.05, 0) is 55.9 Å². The topological polar surface area (TPSA) is 67.2 Å². The molecule has 0 bridgehead atoms. The molecular formula is C17H19BrClN3O2Si. The second-order valence-corrected chi connectivity index (χ2v) is 13.0. The smallest absolute Gasteiger partial charge is 0.183 e. The molecule has 1 unspecified atom stereocenters. The van der Waals surface area contributed by atoms with Crippen LogP contribution in [0.15, 0.2) is 50.2 Å². The van der Waals surface area contributed by atoms with E-state index in [2.05, 4.69) is 45.6 Å². The number of benzene rings is 1. The lowest BCUT2D eigenvalue weighted by Crippen LogP contribution is -2.40. The first-order chi connectivity index (χ1) is 11.7. The van der Waals surface area contributed by atoms with E-state index in [1.165, 1.54) is 0 Å². The minimum absolute atomic E-state index is 0.263. The standard InChI is InChI=1S/C17H19BrClN3O2Si/c1-25(2,3)23-10-17(21-22-20)13-8-11(18)4-6-15(13)24-16-7-5-12(19)9-14(16)17/h4,6,8-9H,5,7,10H2,1-3H3. The molecule has 0 amide bonds. The molecule has 25 heavy (non-hydrogen) atoms. The monoisotopic (exact) mass is 439 g/mol. The maximum atomic E-state index is 9.35. The highest BCUT2D eigenvalue weighted by molar-refractivity contribution is 9.10. The van der Waals surface area contributed by atoms with E-state index >= 15 is 0 Å². The molecule has 0 saturated carbocycles. The molecular weight excluding hydrogens is 422 g/mol. The molecule has 1 aromatic rings. The maximum absolute atomic E-state index is 9.35. The number of nitrogens with zero attached hydrogens (tertiary/aromatic N) is 3. The van der Waals surface area contributed by atoms with Gasteiger partial charge in [-0.3, -0.25) is 0 Å². The molecule has 0 aromatic heterocycles. The molecule has 1 heterocycles. The summed E-state index contributed by atoms with van der Waals surface area (Å²) in [5.74, 6) is 1.49. The summed E-state index contributed by atoms with van der Waals surface area (Å²) in [6.45, 7) is 6.59. The van der Waals surface area contributed by atoms with E-state index in [1.54, 1.807) is 0 Å². The van der Waals surface area contributed by atoms with Crippen LogP contribution in [0.5, 0.6) is 5.75 Å². The predicted octanol–water partition coefficient (Wildman–Crippen LogP) is 6.37. The lowest BCUT2D eigenvalue weighted by atomic mass is 9.78. The van der Waals surface area contributed by atoms with Gasteiger partial charge in [-0.1, -0.05) is 32.6 Å². The zero-order chi connectivity index (χ0) is 18.2. The summed E-state index contributed by atoms with van der Waals surface area (Å²) >= 11 is 9.81. The number of ether oxygens (including phenoxy) is 1. The van der Waals surface area contributed by atoms with Crippen LogP contribution < -0.4 is 4.74 Å². The van der Waals surface area contributed by atoms with Gasteiger partial charge in [0.05, 0.1) is 6.61 Å². The maximum Gasteiger partial charge on any atom is 0.183 e. The Morgan fingerprint density at radius 3 is 2.84 bits per heavy atom. The summed E-state index contributed by atoms with van der Waals surface area (Å²) in [5.41, 5.74) is 9.95. The average molecular weight is 441 g/mol. The molecule has 5 nitrogen and oxygen atoms in total. The van der Waals surface area contributed by atoms with Crippen LogP contribution in [0.3, 0.4) is 0 Å². The summed E-state index contributed by atoms with van der Waals surface area (Å²) in [6, 6.07) is 5.73. The summed E-state index contributed by atoms with van der Waals surface area (Å²) in [6.07, 6.45) is 3.26. The highest BCUT2D eigenvalue weighted by atomic mass is 79.9. The second kappa shape index (κ2) is 6.82. The van der Waals surface area contributed by atoms with E-state index in [4.69, 9.17) is 20.8 Å². The van der Waals surface area contributed by atoms with Crippen LogP contribution in [0.25, 0.3) is 10.4 Å². The van der Waals surface area contributed by atoms with Crippen LogP contribution in [0.1, 0.15) is 18.4 Å². The Bertz CT molecular complexity index is 828. The van der Waals surface area contributed by atoms with Gasteiger partial charge in [-0.25, -0.2) is 0 Å². The third-order valence-electron chi connectivity index (χ3n) is 4.19. The third-order valence-corrected chi connectivity index (χ3v) is 5.99. The fourth-order valence-electron chi connectivity index (χ4n) is 3.01. The van der Waals surface area contributed by atoms with Gasteiger partial charge in [0, 0.05) is 32.0 Å². The van der Waals surface area contributed by atoms with Crippen molar-refractivity contribution in [3.05, 3.63) is 61.1 Å². The highest BCUT2D eigenvalue weighted by Crippen LogP contribution is 2.50. The van der Waals surface area contributed by atoms with E-state index < -0.39 is 13.9 Å². The van der Waals surface area contributed by atoms with E-state index in [0.29, 0.717) is 18.6 Å². The minimum atomic E-state index is -1.84. The number of fused-ring (bicyclic) bond motifs is 1. The SMILES string of the molecule is C[Si](C)(C)OCC1(N=[N+]=[N-])C2=C(CCC(Cl)=C2)Oc2ccc(Br)cc21. The van der Waals surface area contributed by atoms with E-state index in [1.807, 2.05) is 24.3 Å². The summed E-state index contributed by atoms with van der Waals surface area (Å²) in [5, 5.41) is 4.96. The molecule has 0 fully saturated rings. The van der Waals surface area contributed by atoms with Gasteiger partial charge in [-0.2, -0.15) is 0 Å². The number of hydrogen-bond donors (Lipinski definition) is 0. The Labute approximate surface area is 161 Å². The average Bonchev–Trinajstić information content (AvgIpc) is 2.54. The van der Waals surface area contributed by atoms with Crippen LogP contribution in [0.4, 0.5) is 0 Å². The van der Waals surface area contributed by atoms with E-state index in [0.717, 1.165) is 26.4 Å². The summed E-state index contributed by atoms with van der Waals surface area (Å²) in [7, 11) is -1.84. The fourth-order valence-corrected chi connectivity index (χ4v) is 4.22. The van der Waals surface area contributed by atoms with Crippen LogP contribution in [0, 0.1) is 0 Å². The summed E-state index contributed by atoms with van der Waals surface area (Å²) in [4.78, 5) is 3.16. The first-order valence-corrected chi connectivity index (χ1v) is 12.6. The van der Waals surface area contributed by atoms with Crippen molar-refractivity contribution < 1.29 is 9.16 Å². The van der Waals surface area contributed by atoms with Crippen molar-refractivity contribution in [3.8, 4) is 5.75 Å². The van der Waals surface area contributed by atoms with Crippen LogP contribution in [-0.4, -0.2) is 14.9 Å². The van der Waals surface area contributed by atoms with Crippen LogP contribution in [0.2, 0.25) is 19.6 Å². The van der Waals surface area contributed by atoms with Gasteiger partial charge in [0.1, 0.15) is 17.0 Å². The minimum Gasteiger partial charge on any atom is -0.461 e.